The van der Waals surface area contributed by atoms with Crippen LogP contribution < -0.4 is 0 Å². The maximum atomic E-state index is 11.9. The molecule has 84 valence electrons. The summed E-state index contributed by atoms with van der Waals surface area (Å²) in [5, 5.41) is 9.26. The zero-order chi connectivity index (χ0) is 10.9. The second kappa shape index (κ2) is 4.14. The molecule has 1 aliphatic rings. The summed E-state index contributed by atoms with van der Waals surface area (Å²) < 4.78 is 26.4. The Labute approximate surface area is 85.5 Å². The summed E-state index contributed by atoms with van der Waals surface area (Å²) in [5.74, 6) is 0. The summed E-state index contributed by atoms with van der Waals surface area (Å²) in [6.07, 6.45) is 0.0240. The van der Waals surface area contributed by atoms with Crippen LogP contribution in [0, 0.1) is 0 Å². The second-order valence-corrected chi connectivity index (χ2v) is 5.91. The van der Waals surface area contributed by atoms with Gasteiger partial charge in [-0.1, -0.05) is 0 Å². The Hall–Kier alpha value is -0.170. The third-order valence-electron chi connectivity index (χ3n) is 2.54. The van der Waals surface area contributed by atoms with E-state index in [-0.39, 0.29) is 12.6 Å². The molecule has 1 heterocycles. The standard InChI is InChI=1S/C8H18N2O3S/c1-7(2)9(3)14(12,13)10-5-4-8(11)6-10/h7-8,11H,4-6H2,1-3H3/t8-/m1/s1. The Morgan fingerprint density at radius 2 is 2.07 bits per heavy atom. The Bertz CT molecular complexity index is 289. The fraction of sp³-hybridized carbons (Fsp3) is 1.00. The Balaban J connectivity index is 2.75. The van der Waals surface area contributed by atoms with Crippen molar-refractivity contribution in [2.75, 3.05) is 20.1 Å². The van der Waals surface area contributed by atoms with E-state index in [4.69, 9.17) is 0 Å². The summed E-state index contributed by atoms with van der Waals surface area (Å²) in [6.45, 7) is 4.29. The molecule has 0 radical (unpaired) electrons. The van der Waals surface area contributed by atoms with Gasteiger partial charge in [-0.25, -0.2) is 0 Å². The summed E-state index contributed by atoms with van der Waals surface area (Å²) in [4.78, 5) is 0. The number of aliphatic hydroxyl groups is 1. The second-order valence-electron chi connectivity index (χ2n) is 3.92. The lowest BCUT2D eigenvalue weighted by Gasteiger charge is -2.26. The number of β-amino-alcohol motifs (C(OH)–C–C–N with tert-alkyl or cyclic N) is 1. The van der Waals surface area contributed by atoms with Gasteiger partial charge in [-0.2, -0.15) is 17.0 Å². The first-order valence-electron chi connectivity index (χ1n) is 4.77. The van der Waals surface area contributed by atoms with Crippen LogP contribution in [0.3, 0.4) is 0 Å². The molecule has 1 aliphatic heterocycles. The average molecular weight is 222 g/mol. The molecule has 5 nitrogen and oxygen atoms in total. The van der Waals surface area contributed by atoms with Crippen LogP contribution in [0.15, 0.2) is 0 Å². The lowest BCUT2D eigenvalue weighted by molar-refractivity contribution is 0.188. The van der Waals surface area contributed by atoms with E-state index in [1.54, 1.807) is 7.05 Å². The molecular weight excluding hydrogens is 204 g/mol. The molecule has 1 rings (SSSR count). The number of nitrogens with zero attached hydrogens (tertiary/aromatic N) is 2. The van der Waals surface area contributed by atoms with Crippen molar-refractivity contribution in [2.45, 2.75) is 32.4 Å². The minimum atomic E-state index is -3.36. The molecule has 0 spiro atoms. The van der Waals surface area contributed by atoms with Gasteiger partial charge in [0.25, 0.3) is 10.2 Å². The van der Waals surface area contributed by atoms with E-state index in [2.05, 4.69) is 0 Å². The molecule has 1 N–H and O–H groups in total. The maximum absolute atomic E-state index is 11.9. The first-order valence-corrected chi connectivity index (χ1v) is 6.16. The fourth-order valence-corrected chi connectivity index (χ4v) is 2.96. The molecule has 1 atom stereocenters. The van der Waals surface area contributed by atoms with Crippen molar-refractivity contribution < 1.29 is 13.5 Å². The number of hydrogen-bond donors (Lipinski definition) is 1. The lowest BCUT2D eigenvalue weighted by atomic mass is 10.3. The van der Waals surface area contributed by atoms with Crippen molar-refractivity contribution in [3.05, 3.63) is 0 Å². The Morgan fingerprint density at radius 1 is 1.50 bits per heavy atom. The predicted octanol–water partition coefficient (Wildman–Crippen LogP) is -0.362. The van der Waals surface area contributed by atoms with E-state index < -0.39 is 16.3 Å². The predicted molar refractivity (Wildman–Crippen MR) is 54.0 cm³/mol. The number of rotatable bonds is 3. The molecule has 1 saturated heterocycles. The van der Waals surface area contributed by atoms with Crippen molar-refractivity contribution in [1.82, 2.24) is 8.61 Å². The van der Waals surface area contributed by atoms with Crippen LogP contribution in [-0.2, 0) is 10.2 Å². The highest BCUT2D eigenvalue weighted by molar-refractivity contribution is 7.86. The molecule has 14 heavy (non-hydrogen) atoms. The van der Waals surface area contributed by atoms with Gasteiger partial charge in [0, 0.05) is 26.2 Å². The first-order chi connectivity index (χ1) is 6.35. The molecule has 0 aromatic heterocycles. The van der Waals surface area contributed by atoms with Crippen molar-refractivity contribution >= 4 is 10.2 Å². The molecule has 0 aromatic carbocycles. The molecule has 0 aromatic rings. The normalized spacial score (nSPS) is 25.1. The van der Waals surface area contributed by atoms with E-state index in [1.165, 1.54) is 8.61 Å². The minimum Gasteiger partial charge on any atom is -0.392 e. The largest absolute Gasteiger partial charge is 0.392 e. The van der Waals surface area contributed by atoms with Crippen LogP contribution in [0.1, 0.15) is 20.3 Å². The molecule has 0 saturated carbocycles. The minimum absolute atomic E-state index is 0.0576. The lowest BCUT2D eigenvalue weighted by Crippen LogP contribution is -2.44. The van der Waals surface area contributed by atoms with Crippen LogP contribution >= 0.6 is 0 Å². The Kier molecular flexibility index (Phi) is 3.52. The van der Waals surface area contributed by atoms with E-state index in [0.717, 1.165) is 0 Å². The molecule has 0 unspecified atom stereocenters. The van der Waals surface area contributed by atoms with Gasteiger partial charge in [0.15, 0.2) is 0 Å². The van der Waals surface area contributed by atoms with Gasteiger partial charge in [-0.3, -0.25) is 0 Å². The molecule has 0 aliphatic carbocycles. The van der Waals surface area contributed by atoms with Crippen LogP contribution in [-0.4, -0.2) is 54.4 Å². The maximum Gasteiger partial charge on any atom is 0.282 e. The monoisotopic (exact) mass is 222 g/mol. The third-order valence-corrected chi connectivity index (χ3v) is 4.68. The molecule has 6 heteroatoms. The Morgan fingerprint density at radius 3 is 2.43 bits per heavy atom. The van der Waals surface area contributed by atoms with Gasteiger partial charge in [0.05, 0.1) is 6.10 Å². The number of hydrogen-bond acceptors (Lipinski definition) is 3. The highest BCUT2D eigenvalue weighted by atomic mass is 32.2. The average Bonchev–Trinajstić information content (AvgIpc) is 2.50. The van der Waals surface area contributed by atoms with E-state index in [9.17, 15) is 13.5 Å². The van der Waals surface area contributed by atoms with Crippen molar-refractivity contribution in [3.63, 3.8) is 0 Å². The van der Waals surface area contributed by atoms with E-state index in [1.807, 2.05) is 13.8 Å². The van der Waals surface area contributed by atoms with Gasteiger partial charge >= 0.3 is 0 Å². The summed E-state index contributed by atoms with van der Waals surface area (Å²) in [7, 11) is -1.80. The fourth-order valence-electron chi connectivity index (χ4n) is 1.37. The SMILES string of the molecule is CC(C)N(C)S(=O)(=O)N1CC[C@@H](O)C1. The highest BCUT2D eigenvalue weighted by Crippen LogP contribution is 2.17. The molecule has 0 amide bonds. The van der Waals surface area contributed by atoms with Crippen molar-refractivity contribution in [3.8, 4) is 0 Å². The topological polar surface area (TPSA) is 60.9 Å². The smallest absolute Gasteiger partial charge is 0.282 e. The van der Waals surface area contributed by atoms with Gasteiger partial charge in [-0.15, -0.1) is 0 Å². The third kappa shape index (κ3) is 2.25. The number of aliphatic hydroxyl groups excluding tert-OH is 1. The quantitative estimate of drug-likeness (QED) is 0.709. The molecular formula is C8H18N2O3S. The molecule has 0 bridgehead atoms. The van der Waals surface area contributed by atoms with Gasteiger partial charge < -0.3 is 5.11 Å². The van der Waals surface area contributed by atoms with Crippen LogP contribution in [0.2, 0.25) is 0 Å². The van der Waals surface area contributed by atoms with Gasteiger partial charge in [0.2, 0.25) is 0 Å². The zero-order valence-electron chi connectivity index (χ0n) is 8.84. The summed E-state index contributed by atoms with van der Waals surface area (Å²) >= 11 is 0. The highest BCUT2D eigenvalue weighted by Gasteiger charge is 2.33. The summed E-state index contributed by atoms with van der Waals surface area (Å²) in [6, 6.07) is -0.0576. The van der Waals surface area contributed by atoms with Crippen molar-refractivity contribution in [2.24, 2.45) is 0 Å². The van der Waals surface area contributed by atoms with E-state index >= 15 is 0 Å². The first kappa shape index (κ1) is 11.9. The van der Waals surface area contributed by atoms with Gasteiger partial charge in [0.1, 0.15) is 0 Å². The molecule has 1 fully saturated rings. The van der Waals surface area contributed by atoms with E-state index in [0.29, 0.717) is 13.0 Å². The van der Waals surface area contributed by atoms with Crippen LogP contribution in [0.4, 0.5) is 0 Å². The van der Waals surface area contributed by atoms with Crippen LogP contribution in [0.5, 0.6) is 0 Å². The van der Waals surface area contributed by atoms with Gasteiger partial charge in [-0.05, 0) is 20.3 Å². The van der Waals surface area contributed by atoms with Crippen LogP contribution in [0.25, 0.3) is 0 Å². The van der Waals surface area contributed by atoms with Crippen molar-refractivity contribution in [1.29, 1.82) is 0 Å². The summed E-state index contributed by atoms with van der Waals surface area (Å²) in [5.41, 5.74) is 0. The zero-order valence-corrected chi connectivity index (χ0v) is 9.66.